The molecule has 1 aliphatic rings. The van der Waals surface area contributed by atoms with Crippen molar-refractivity contribution in [2.45, 2.75) is 6.92 Å². The van der Waals surface area contributed by atoms with Crippen LogP contribution in [0.15, 0.2) is 48.5 Å². The highest BCUT2D eigenvalue weighted by atomic mass is 32.1. The zero-order valence-electron chi connectivity index (χ0n) is 17.4. The van der Waals surface area contributed by atoms with E-state index < -0.39 is 0 Å². The maximum absolute atomic E-state index is 13.2. The van der Waals surface area contributed by atoms with Crippen LogP contribution in [0.25, 0.3) is 10.6 Å². The van der Waals surface area contributed by atoms with Crippen LogP contribution in [0.3, 0.4) is 0 Å². The average molecular weight is 424 g/mol. The van der Waals surface area contributed by atoms with Crippen LogP contribution < -0.4 is 14.4 Å². The summed E-state index contributed by atoms with van der Waals surface area (Å²) >= 11 is 1.45. The summed E-state index contributed by atoms with van der Waals surface area (Å²) in [6, 6.07) is 15.8. The van der Waals surface area contributed by atoms with E-state index in [0.29, 0.717) is 18.0 Å². The first kappa shape index (κ1) is 20.2. The quantitative estimate of drug-likeness (QED) is 0.619. The zero-order valence-corrected chi connectivity index (χ0v) is 18.2. The third kappa shape index (κ3) is 3.98. The van der Waals surface area contributed by atoms with Crippen molar-refractivity contribution in [1.29, 1.82) is 0 Å². The van der Waals surface area contributed by atoms with Gasteiger partial charge >= 0.3 is 0 Å². The lowest BCUT2D eigenvalue weighted by atomic mass is 10.2. The van der Waals surface area contributed by atoms with Crippen LogP contribution in [-0.2, 0) is 0 Å². The molecule has 7 heteroatoms. The minimum atomic E-state index is 0.0597. The maximum Gasteiger partial charge on any atom is 0.265 e. The van der Waals surface area contributed by atoms with Crippen molar-refractivity contribution in [2.24, 2.45) is 0 Å². The van der Waals surface area contributed by atoms with Gasteiger partial charge in [-0.2, -0.15) is 0 Å². The summed E-state index contributed by atoms with van der Waals surface area (Å²) in [5.41, 5.74) is 2.84. The summed E-state index contributed by atoms with van der Waals surface area (Å²) in [6.07, 6.45) is 0. The van der Waals surface area contributed by atoms with Gasteiger partial charge in [0.05, 0.1) is 25.6 Å². The minimum absolute atomic E-state index is 0.0597. The van der Waals surface area contributed by atoms with Gasteiger partial charge in [-0.3, -0.25) is 4.79 Å². The molecule has 0 atom stereocenters. The fraction of sp³-hybridized carbons (Fsp3) is 0.304. The zero-order chi connectivity index (χ0) is 21.1. The van der Waals surface area contributed by atoms with Gasteiger partial charge in [0.1, 0.15) is 21.4 Å². The second-order valence-corrected chi connectivity index (χ2v) is 8.11. The second-order valence-electron chi connectivity index (χ2n) is 7.11. The van der Waals surface area contributed by atoms with Gasteiger partial charge in [0.25, 0.3) is 5.91 Å². The van der Waals surface area contributed by atoms with Crippen LogP contribution in [-0.4, -0.2) is 56.2 Å². The molecule has 0 spiro atoms. The topological polar surface area (TPSA) is 54.9 Å². The third-order valence-electron chi connectivity index (χ3n) is 5.32. The van der Waals surface area contributed by atoms with E-state index in [4.69, 9.17) is 9.47 Å². The maximum atomic E-state index is 13.2. The van der Waals surface area contributed by atoms with Gasteiger partial charge in [0.15, 0.2) is 0 Å². The molecule has 0 unspecified atom stereocenters. The number of amides is 1. The number of rotatable bonds is 5. The minimum Gasteiger partial charge on any atom is -0.497 e. The van der Waals surface area contributed by atoms with E-state index >= 15 is 0 Å². The van der Waals surface area contributed by atoms with E-state index in [0.717, 1.165) is 46.5 Å². The number of piperazine rings is 1. The highest BCUT2D eigenvalue weighted by Crippen LogP contribution is 2.31. The fourth-order valence-electron chi connectivity index (χ4n) is 3.64. The Kier molecular flexibility index (Phi) is 5.90. The van der Waals surface area contributed by atoms with Gasteiger partial charge in [-0.15, -0.1) is 11.3 Å². The number of carbonyl (C=O) groups is 1. The molecule has 2 aromatic carbocycles. The van der Waals surface area contributed by atoms with E-state index in [1.807, 2.05) is 54.3 Å². The van der Waals surface area contributed by atoms with Crippen LogP contribution >= 0.6 is 11.3 Å². The Morgan fingerprint density at radius 3 is 2.33 bits per heavy atom. The number of methoxy groups -OCH3 is 2. The third-order valence-corrected chi connectivity index (χ3v) is 6.52. The lowest BCUT2D eigenvalue weighted by Crippen LogP contribution is -2.48. The molecule has 0 aliphatic carbocycles. The Morgan fingerprint density at radius 1 is 0.967 bits per heavy atom. The summed E-state index contributed by atoms with van der Waals surface area (Å²) < 4.78 is 10.7. The Morgan fingerprint density at radius 2 is 1.67 bits per heavy atom. The van der Waals surface area contributed by atoms with E-state index in [2.05, 4.69) is 16.0 Å². The second kappa shape index (κ2) is 8.75. The number of aromatic nitrogens is 1. The largest absolute Gasteiger partial charge is 0.497 e. The SMILES string of the molecule is COc1ccc(-c2nc(C)c(C(=O)N3CCN(c4ccccc4OC)CC3)s2)cc1. The molecule has 6 nitrogen and oxygen atoms in total. The van der Waals surface area contributed by atoms with Gasteiger partial charge in [0.2, 0.25) is 0 Å². The number of ether oxygens (including phenoxy) is 2. The Hall–Kier alpha value is -3.06. The first-order valence-electron chi connectivity index (χ1n) is 9.90. The summed E-state index contributed by atoms with van der Waals surface area (Å²) in [5, 5.41) is 0.853. The van der Waals surface area contributed by atoms with Crippen molar-refractivity contribution in [1.82, 2.24) is 9.88 Å². The van der Waals surface area contributed by atoms with E-state index in [-0.39, 0.29) is 5.91 Å². The Bertz CT molecular complexity index is 1020. The first-order valence-corrected chi connectivity index (χ1v) is 10.7. The van der Waals surface area contributed by atoms with Gasteiger partial charge in [0, 0.05) is 31.7 Å². The highest BCUT2D eigenvalue weighted by Gasteiger charge is 2.26. The van der Waals surface area contributed by atoms with Crippen molar-refractivity contribution in [3.05, 3.63) is 59.1 Å². The monoisotopic (exact) mass is 423 g/mol. The number of hydrogen-bond acceptors (Lipinski definition) is 6. The molecule has 3 aromatic rings. The number of carbonyl (C=O) groups excluding carboxylic acids is 1. The molecule has 2 heterocycles. The van der Waals surface area contributed by atoms with E-state index in [1.54, 1.807) is 14.2 Å². The molecule has 4 rings (SSSR count). The molecular weight excluding hydrogens is 398 g/mol. The standard InChI is InChI=1S/C23H25N3O3S/c1-16-21(30-22(24-16)17-8-10-18(28-2)11-9-17)23(27)26-14-12-25(13-15-26)19-6-4-5-7-20(19)29-3/h4-11H,12-15H2,1-3H3. The number of aryl methyl sites for hydroxylation is 1. The van der Waals surface area contributed by atoms with E-state index in [1.165, 1.54) is 11.3 Å². The molecule has 1 fully saturated rings. The van der Waals surface area contributed by atoms with Crippen LogP contribution in [0, 0.1) is 6.92 Å². The van der Waals surface area contributed by atoms with Crippen LogP contribution in [0.1, 0.15) is 15.4 Å². The van der Waals surface area contributed by atoms with E-state index in [9.17, 15) is 4.79 Å². The number of para-hydroxylation sites is 2. The van der Waals surface area contributed by atoms with Crippen molar-refractivity contribution >= 4 is 22.9 Å². The summed E-state index contributed by atoms with van der Waals surface area (Å²) in [7, 11) is 3.33. The number of anilines is 1. The summed E-state index contributed by atoms with van der Waals surface area (Å²) in [6.45, 7) is 4.80. The normalized spacial score (nSPS) is 14.0. The molecule has 1 aromatic heterocycles. The van der Waals surface area contributed by atoms with Gasteiger partial charge in [-0.25, -0.2) is 4.98 Å². The van der Waals surface area contributed by atoms with Crippen molar-refractivity contribution in [2.75, 3.05) is 45.3 Å². The molecule has 0 N–H and O–H groups in total. The average Bonchev–Trinajstić information content (AvgIpc) is 3.20. The predicted molar refractivity (Wildman–Crippen MR) is 120 cm³/mol. The van der Waals surface area contributed by atoms with Crippen molar-refractivity contribution in [3.8, 4) is 22.1 Å². The smallest absolute Gasteiger partial charge is 0.265 e. The van der Waals surface area contributed by atoms with Gasteiger partial charge < -0.3 is 19.3 Å². The van der Waals surface area contributed by atoms with Crippen LogP contribution in [0.2, 0.25) is 0 Å². The number of benzene rings is 2. The fourth-order valence-corrected chi connectivity index (χ4v) is 4.68. The molecule has 156 valence electrons. The molecule has 0 saturated carbocycles. The van der Waals surface area contributed by atoms with Crippen molar-refractivity contribution < 1.29 is 14.3 Å². The molecule has 0 bridgehead atoms. The highest BCUT2D eigenvalue weighted by molar-refractivity contribution is 7.17. The lowest BCUT2D eigenvalue weighted by molar-refractivity contribution is 0.0750. The molecule has 1 aliphatic heterocycles. The van der Waals surface area contributed by atoms with Gasteiger partial charge in [-0.05, 0) is 43.3 Å². The van der Waals surface area contributed by atoms with Crippen LogP contribution in [0.5, 0.6) is 11.5 Å². The molecule has 1 saturated heterocycles. The summed E-state index contributed by atoms with van der Waals surface area (Å²) in [4.78, 5) is 22.7. The Labute approximate surface area is 180 Å². The Balaban J connectivity index is 1.46. The van der Waals surface area contributed by atoms with Crippen molar-refractivity contribution in [3.63, 3.8) is 0 Å². The van der Waals surface area contributed by atoms with Gasteiger partial charge in [-0.1, -0.05) is 12.1 Å². The number of thiazole rings is 1. The number of nitrogens with zero attached hydrogens (tertiary/aromatic N) is 3. The molecule has 30 heavy (non-hydrogen) atoms. The molecular formula is C23H25N3O3S. The van der Waals surface area contributed by atoms with Crippen LogP contribution in [0.4, 0.5) is 5.69 Å². The first-order chi connectivity index (χ1) is 14.6. The number of hydrogen-bond donors (Lipinski definition) is 0. The summed E-state index contributed by atoms with van der Waals surface area (Å²) in [5.74, 6) is 1.72. The predicted octanol–water partition coefficient (Wildman–Crippen LogP) is 4.10. The molecule has 1 amide bonds. The molecule has 0 radical (unpaired) electrons. The lowest BCUT2D eigenvalue weighted by Gasteiger charge is -2.36.